The van der Waals surface area contributed by atoms with Gasteiger partial charge < -0.3 is 21.3 Å². The largest absolute Gasteiger partial charge is 0.480 e. The van der Waals surface area contributed by atoms with E-state index in [-0.39, 0.29) is 5.91 Å². The molecule has 0 aliphatic rings. The van der Waals surface area contributed by atoms with Crippen LogP contribution in [0.3, 0.4) is 0 Å². The number of aliphatic carboxylic acids is 2. The maximum Gasteiger partial charge on any atom is 0.327 e. The van der Waals surface area contributed by atoms with Gasteiger partial charge in [0, 0.05) is 24.2 Å². The molecule has 23 heavy (non-hydrogen) atoms. The van der Waals surface area contributed by atoms with Crippen LogP contribution >= 0.6 is 23.5 Å². The highest BCUT2D eigenvalue weighted by Crippen LogP contribution is 2.03. The molecule has 2 atom stereocenters. The number of allylic oxidation sites excluding steroid dienone is 1. The molecule has 0 aromatic carbocycles. The Balaban J connectivity index is 0. The molecule has 0 aromatic rings. The Morgan fingerprint density at radius 1 is 1.26 bits per heavy atom. The van der Waals surface area contributed by atoms with Gasteiger partial charge in [0.2, 0.25) is 5.91 Å². The molecule has 132 valence electrons. The van der Waals surface area contributed by atoms with Crippen LogP contribution < -0.4 is 11.1 Å². The molecule has 1 amide bonds. The lowest BCUT2D eigenvalue weighted by Gasteiger charge is -2.11. The quantitative estimate of drug-likeness (QED) is 0.336. The van der Waals surface area contributed by atoms with Crippen LogP contribution in [0.5, 0.6) is 0 Å². The first-order valence-electron chi connectivity index (χ1n) is 6.65. The highest BCUT2D eigenvalue weighted by Gasteiger charge is 2.17. The van der Waals surface area contributed by atoms with Crippen LogP contribution in [0.2, 0.25) is 0 Å². The number of nitrogens with two attached hydrogens (primary N) is 1. The molecule has 0 aliphatic heterocycles. The van der Waals surface area contributed by atoms with Gasteiger partial charge in [0.05, 0.1) is 0 Å². The molecule has 0 radical (unpaired) electrons. The van der Waals surface area contributed by atoms with Crippen molar-refractivity contribution in [2.75, 3.05) is 17.3 Å². The van der Waals surface area contributed by atoms with Gasteiger partial charge in [-0.2, -0.15) is 11.8 Å². The standard InChI is InChI=1S/C8H13NO3S.C6H11NO2S/c1-3-4-13-5-7(8(11)12)9-6(2)10;1-2-3-10-4-5(7)6(8)9/h3,7H,1,4-5H2,2H3,(H,9,10)(H,11,12);2-3,5H,4,7H2,1H3,(H,8,9)/b;3-2-. The lowest BCUT2D eigenvalue weighted by Crippen LogP contribution is -2.41. The summed E-state index contributed by atoms with van der Waals surface area (Å²) in [6.07, 6.45) is 3.54. The van der Waals surface area contributed by atoms with Crippen molar-refractivity contribution in [1.82, 2.24) is 5.32 Å². The minimum absolute atomic E-state index is 0.327. The van der Waals surface area contributed by atoms with Crippen molar-refractivity contribution in [3.63, 3.8) is 0 Å². The van der Waals surface area contributed by atoms with Gasteiger partial charge in [-0.1, -0.05) is 12.2 Å². The van der Waals surface area contributed by atoms with Crippen LogP contribution in [0.4, 0.5) is 0 Å². The molecule has 0 fully saturated rings. The van der Waals surface area contributed by atoms with E-state index in [1.807, 2.05) is 18.4 Å². The topological polar surface area (TPSA) is 130 Å². The van der Waals surface area contributed by atoms with E-state index < -0.39 is 24.0 Å². The van der Waals surface area contributed by atoms with Crippen molar-refractivity contribution in [3.05, 3.63) is 24.1 Å². The molecular formula is C14H24N2O5S2. The summed E-state index contributed by atoms with van der Waals surface area (Å²) in [5.74, 6) is -0.806. The SMILES string of the molecule is C/C=C\SCC(N)C(=O)O.C=CCSCC(NC(C)=O)C(=O)O. The Morgan fingerprint density at radius 3 is 2.26 bits per heavy atom. The van der Waals surface area contributed by atoms with E-state index in [1.165, 1.54) is 30.4 Å². The second-order valence-corrected chi connectivity index (χ2v) is 6.18. The van der Waals surface area contributed by atoms with Crippen LogP contribution in [0.25, 0.3) is 0 Å². The zero-order chi connectivity index (χ0) is 18.3. The number of thioether (sulfide) groups is 2. The molecule has 0 heterocycles. The second-order valence-electron chi connectivity index (χ2n) is 4.16. The van der Waals surface area contributed by atoms with Crippen LogP contribution in [0.15, 0.2) is 24.1 Å². The number of rotatable bonds is 10. The van der Waals surface area contributed by atoms with E-state index in [0.717, 1.165) is 0 Å². The molecule has 0 spiro atoms. The van der Waals surface area contributed by atoms with Crippen LogP contribution in [-0.4, -0.2) is 57.4 Å². The molecular weight excluding hydrogens is 340 g/mol. The normalized spacial score (nSPS) is 12.7. The smallest absolute Gasteiger partial charge is 0.327 e. The third-order valence-electron chi connectivity index (χ3n) is 2.02. The summed E-state index contributed by atoms with van der Waals surface area (Å²) < 4.78 is 0. The first-order valence-corrected chi connectivity index (χ1v) is 8.86. The zero-order valence-electron chi connectivity index (χ0n) is 13.2. The van der Waals surface area contributed by atoms with Crippen molar-refractivity contribution < 1.29 is 24.6 Å². The average molecular weight is 364 g/mol. The molecule has 0 aromatic heterocycles. The van der Waals surface area contributed by atoms with Crippen molar-refractivity contribution in [1.29, 1.82) is 0 Å². The predicted molar refractivity (Wildman–Crippen MR) is 95.6 cm³/mol. The van der Waals surface area contributed by atoms with E-state index in [2.05, 4.69) is 11.9 Å². The van der Waals surface area contributed by atoms with Gasteiger partial charge in [0.15, 0.2) is 0 Å². The summed E-state index contributed by atoms with van der Waals surface area (Å²) >= 11 is 2.82. The molecule has 0 rings (SSSR count). The number of carboxylic acids is 2. The number of carboxylic acid groups (broad SMARTS) is 2. The molecule has 9 heteroatoms. The highest BCUT2D eigenvalue weighted by molar-refractivity contribution is 8.02. The molecule has 0 bridgehead atoms. The number of nitrogens with one attached hydrogen (secondary N) is 1. The minimum atomic E-state index is -1.01. The van der Waals surface area contributed by atoms with Gasteiger partial charge in [-0.05, 0) is 12.3 Å². The Hall–Kier alpha value is -1.45. The third kappa shape index (κ3) is 16.7. The van der Waals surface area contributed by atoms with Crippen molar-refractivity contribution in [3.8, 4) is 0 Å². The summed E-state index contributed by atoms with van der Waals surface area (Å²) in [5.41, 5.74) is 5.20. The number of hydrogen-bond acceptors (Lipinski definition) is 6. The fourth-order valence-corrected chi connectivity index (χ4v) is 2.43. The molecule has 5 N–H and O–H groups in total. The monoisotopic (exact) mass is 364 g/mol. The second kappa shape index (κ2) is 15.4. The van der Waals surface area contributed by atoms with Gasteiger partial charge in [-0.3, -0.25) is 9.59 Å². The molecule has 0 saturated carbocycles. The Bertz CT molecular complexity index is 416. The van der Waals surface area contributed by atoms with Crippen LogP contribution in [0.1, 0.15) is 13.8 Å². The summed E-state index contributed by atoms with van der Waals surface area (Å²) in [6, 6.07) is -1.55. The van der Waals surface area contributed by atoms with Gasteiger partial charge in [0.1, 0.15) is 12.1 Å². The van der Waals surface area contributed by atoms with Crippen LogP contribution in [-0.2, 0) is 14.4 Å². The first-order chi connectivity index (χ1) is 10.8. The third-order valence-corrected chi connectivity index (χ3v) is 4.08. The Labute approximate surface area is 144 Å². The number of carbonyl (C=O) groups is 3. The maximum atomic E-state index is 10.6. The number of hydrogen-bond donors (Lipinski definition) is 4. The fraction of sp³-hybridized carbons (Fsp3) is 0.500. The average Bonchev–Trinajstić information content (AvgIpc) is 2.46. The summed E-state index contributed by atoms with van der Waals surface area (Å²) in [5, 5.41) is 21.2. The lowest BCUT2D eigenvalue weighted by molar-refractivity contribution is -0.140. The van der Waals surface area contributed by atoms with E-state index >= 15 is 0 Å². The zero-order valence-corrected chi connectivity index (χ0v) is 14.9. The lowest BCUT2D eigenvalue weighted by atomic mass is 10.3. The van der Waals surface area contributed by atoms with Crippen molar-refractivity contribution in [2.24, 2.45) is 5.73 Å². The van der Waals surface area contributed by atoms with E-state index in [1.54, 1.807) is 6.08 Å². The highest BCUT2D eigenvalue weighted by atomic mass is 32.2. The van der Waals surface area contributed by atoms with Crippen LogP contribution in [0, 0.1) is 0 Å². The summed E-state index contributed by atoms with van der Waals surface area (Å²) in [6.45, 7) is 6.68. The van der Waals surface area contributed by atoms with E-state index in [0.29, 0.717) is 17.3 Å². The van der Waals surface area contributed by atoms with Crippen molar-refractivity contribution in [2.45, 2.75) is 25.9 Å². The fourth-order valence-electron chi connectivity index (χ4n) is 1.02. The summed E-state index contributed by atoms with van der Waals surface area (Å²) in [7, 11) is 0. The Kier molecular flexibility index (Phi) is 16.0. The van der Waals surface area contributed by atoms with Gasteiger partial charge in [-0.25, -0.2) is 4.79 Å². The van der Waals surface area contributed by atoms with Gasteiger partial charge in [-0.15, -0.1) is 18.3 Å². The first kappa shape index (κ1) is 23.8. The molecule has 0 aliphatic carbocycles. The molecule has 2 unspecified atom stereocenters. The molecule has 7 nitrogen and oxygen atoms in total. The van der Waals surface area contributed by atoms with E-state index in [4.69, 9.17) is 15.9 Å². The van der Waals surface area contributed by atoms with Gasteiger partial charge in [0.25, 0.3) is 0 Å². The van der Waals surface area contributed by atoms with Gasteiger partial charge >= 0.3 is 11.9 Å². The minimum Gasteiger partial charge on any atom is -0.480 e. The Morgan fingerprint density at radius 2 is 1.87 bits per heavy atom. The van der Waals surface area contributed by atoms with Crippen molar-refractivity contribution >= 4 is 41.4 Å². The maximum absolute atomic E-state index is 10.6. The van der Waals surface area contributed by atoms with E-state index in [9.17, 15) is 14.4 Å². The predicted octanol–water partition coefficient (Wildman–Crippen LogP) is 1.16. The summed E-state index contributed by atoms with van der Waals surface area (Å²) in [4.78, 5) is 31.3. The number of amides is 1. The molecule has 0 saturated heterocycles. The number of carbonyl (C=O) groups excluding carboxylic acids is 1.